The zero-order valence-corrected chi connectivity index (χ0v) is 27.3. The van der Waals surface area contributed by atoms with Crippen LogP contribution in [0.4, 0.5) is 0 Å². The van der Waals surface area contributed by atoms with Crippen LogP contribution < -0.4 is 16.0 Å². The molecule has 7 heteroatoms. The summed E-state index contributed by atoms with van der Waals surface area (Å²) in [4.78, 5) is 27.9. The monoisotopic (exact) mass is 594 g/mol. The third kappa shape index (κ3) is 4.51. The predicted octanol–water partition coefficient (Wildman–Crippen LogP) is 4.56. The van der Waals surface area contributed by atoms with Crippen molar-refractivity contribution in [2.45, 2.75) is 116 Å². The molecule has 2 amide bonds. The van der Waals surface area contributed by atoms with Crippen LogP contribution in [0.5, 0.6) is 0 Å². The molecule has 7 nitrogen and oxygen atoms in total. The van der Waals surface area contributed by atoms with E-state index in [2.05, 4.69) is 43.6 Å². The Morgan fingerprint density at radius 1 is 0.884 bits per heavy atom. The first-order valence-corrected chi connectivity index (χ1v) is 18.3. The lowest BCUT2D eigenvalue weighted by Crippen LogP contribution is -2.58. The summed E-state index contributed by atoms with van der Waals surface area (Å²) in [7, 11) is 0. The van der Waals surface area contributed by atoms with Gasteiger partial charge in [-0.15, -0.1) is 0 Å². The fourth-order valence-corrected chi connectivity index (χ4v) is 13.2. The van der Waals surface area contributed by atoms with Gasteiger partial charge in [0.1, 0.15) is 12.1 Å². The number of hydrogen-bond acceptors (Lipinski definition) is 5. The zero-order valence-electron chi connectivity index (χ0n) is 27.3. The Morgan fingerprint density at radius 2 is 1.65 bits per heavy atom. The largest absolute Gasteiger partial charge is 0.357 e. The van der Waals surface area contributed by atoms with E-state index >= 15 is 0 Å². The number of carbonyl (C=O) groups excluding carboxylic acids is 2. The van der Waals surface area contributed by atoms with Crippen molar-refractivity contribution in [3.05, 3.63) is 0 Å². The Morgan fingerprint density at radius 3 is 2.40 bits per heavy atom. The van der Waals surface area contributed by atoms with Crippen molar-refractivity contribution in [1.29, 1.82) is 0 Å². The molecule has 3 N–H and O–H groups in total. The second kappa shape index (κ2) is 10.4. The summed E-state index contributed by atoms with van der Waals surface area (Å²) in [6, 6.07) is 0.230. The van der Waals surface area contributed by atoms with Gasteiger partial charge in [-0.25, -0.2) is 0 Å². The molecular formula is C36H58N4O3. The highest BCUT2D eigenvalue weighted by atomic mass is 16.5. The van der Waals surface area contributed by atoms with Crippen LogP contribution in [0.2, 0.25) is 0 Å². The number of likely N-dealkylation sites (tertiary alicyclic amines) is 1. The molecule has 0 aromatic heterocycles. The van der Waals surface area contributed by atoms with E-state index in [0.717, 1.165) is 69.2 Å². The Hall–Kier alpha value is -1.18. The van der Waals surface area contributed by atoms with Crippen LogP contribution in [0.25, 0.3) is 0 Å². The van der Waals surface area contributed by atoms with Gasteiger partial charge in [-0.3, -0.25) is 14.9 Å². The van der Waals surface area contributed by atoms with Crippen molar-refractivity contribution in [3.63, 3.8) is 0 Å². The lowest BCUT2D eigenvalue weighted by atomic mass is 9.44. The number of nitrogens with zero attached hydrogens (tertiary/aromatic N) is 1. The van der Waals surface area contributed by atoms with Gasteiger partial charge >= 0.3 is 0 Å². The lowest BCUT2D eigenvalue weighted by molar-refractivity contribution is -0.138. The molecule has 43 heavy (non-hydrogen) atoms. The topological polar surface area (TPSA) is 82.7 Å². The minimum absolute atomic E-state index is 0.0227. The zero-order chi connectivity index (χ0) is 29.7. The molecular weight excluding hydrogens is 536 g/mol. The van der Waals surface area contributed by atoms with E-state index < -0.39 is 0 Å². The smallest absolute Gasteiger partial charge is 0.232 e. The molecule has 4 saturated heterocycles. The number of hydrogen-bond donors (Lipinski definition) is 3. The highest BCUT2D eigenvalue weighted by Crippen LogP contribution is 2.71. The molecule has 0 radical (unpaired) electrons. The molecule has 4 saturated carbocycles. The minimum Gasteiger partial charge on any atom is -0.357 e. The molecule has 0 aromatic rings. The molecule has 8 rings (SSSR count). The van der Waals surface area contributed by atoms with Gasteiger partial charge in [0.05, 0.1) is 6.10 Å². The maximum atomic E-state index is 13.0. The number of piperidine rings is 1. The van der Waals surface area contributed by atoms with Crippen molar-refractivity contribution in [2.75, 3.05) is 32.7 Å². The number of rotatable bonds is 3. The number of amides is 2. The Kier molecular flexibility index (Phi) is 7.08. The summed E-state index contributed by atoms with van der Waals surface area (Å²) in [5.41, 5.74) is 0.717. The average Bonchev–Trinajstić information content (AvgIpc) is 3.71. The summed E-state index contributed by atoms with van der Waals surface area (Å²) >= 11 is 0. The lowest BCUT2D eigenvalue weighted by Gasteiger charge is -2.61. The van der Waals surface area contributed by atoms with Gasteiger partial charge in [0, 0.05) is 44.7 Å². The molecule has 14 atom stereocenters. The standard InChI is InChI=1S/C36H58N4O3/c1-21-7-12-36(38-16-21)22(2)33-30(43-36)14-29-27-6-5-25-13-26(8-10-34(25,3)28(27)9-11-35(29,33)4)39-31(41)15-32(42)40-19-23-17-37-18-24(23)20-40/h21-30,33,37-38H,5-20H2,1-4H3,(H,39,41)/t21-,22+,23?,24?,25+,26?,27-,28+,29+,30+,33+,34+,35+,36-/m1/s1. The fraction of sp³-hybridized carbons (Fsp3) is 0.944. The van der Waals surface area contributed by atoms with Gasteiger partial charge in [0.15, 0.2) is 0 Å². The van der Waals surface area contributed by atoms with E-state index in [1.54, 1.807) is 0 Å². The molecule has 8 aliphatic rings. The van der Waals surface area contributed by atoms with Crippen molar-refractivity contribution < 1.29 is 14.3 Å². The number of ether oxygens (including phenoxy) is 1. The van der Waals surface area contributed by atoms with Crippen LogP contribution in [0.3, 0.4) is 0 Å². The van der Waals surface area contributed by atoms with Crippen molar-refractivity contribution in [3.8, 4) is 0 Å². The summed E-state index contributed by atoms with van der Waals surface area (Å²) in [6.45, 7) is 14.9. The summed E-state index contributed by atoms with van der Waals surface area (Å²) in [5, 5.41) is 10.7. The summed E-state index contributed by atoms with van der Waals surface area (Å²) in [6.07, 6.45) is 13.0. The third-order valence-corrected chi connectivity index (χ3v) is 15.6. The maximum Gasteiger partial charge on any atom is 0.232 e. The van der Waals surface area contributed by atoms with Crippen molar-refractivity contribution >= 4 is 11.8 Å². The van der Waals surface area contributed by atoms with Crippen LogP contribution >= 0.6 is 0 Å². The highest BCUT2D eigenvalue weighted by Gasteiger charge is 2.68. The highest BCUT2D eigenvalue weighted by molar-refractivity contribution is 5.97. The van der Waals surface area contributed by atoms with Crippen LogP contribution in [-0.4, -0.2) is 67.3 Å². The van der Waals surface area contributed by atoms with E-state index in [4.69, 9.17) is 4.74 Å². The van der Waals surface area contributed by atoms with E-state index in [-0.39, 0.29) is 30.0 Å². The van der Waals surface area contributed by atoms with Gasteiger partial charge in [-0.2, -0.15) is 0 Å². The van der Waals surface area contributed by atoms with E-state index in [1.165, 1.54) is 51.4 Å². The molecule has 4 heterocycles. The SMILES string of the molecule is C[C@@H]1CC[C@@]2(NC1)O[C@H]1C[C@H]3[C@@H]4CC[C@H]5CC(NC(=O)CC(=O)N6CC7CNCC7C6)CC[C@]5(C)[C@H]4CC[C@]3(C)[C@H]1[C@@H]2C. The first kappa shape index (κ1) is 29.2. The molecule has 1 spiro atoms. The fourth-order valence-electron chi connectivity index (χ4n) is 13.2. The third-order valence-electron chi connectivity index (χ3n) is 15.6. The van der Waals surface area contributed by atoms with Crippen molar-refractivity contribution in [1.82, 2.24) is 20.9 Å². The normalized spacial score (nSPS) is 53.6. The summed E-state index contributed by atoms with van der Waals surface area (Å²) < 4.78 is 7.09. The van der Waals surface area contributed by atoms with Crippen LogP contribution in [0.1, 0.15) is 98.3 Å². The molecule has 4 aliphatic carbocycles. The quantitative estimate of drug-likeness (QED) is 0.418. The van der Waals surface area contributed by atoms with Gasteiger partial charge in [0.25, 0.3) is 0 Å². The molecule has 240 valence electrons. The van der Waals surface area contributed by atoms with Crippen LogP contribution in [0.15, 0.2) is 0 Å². The molecule has 4 aliphatic heterocycles. The van der Waals surface area contributed by atoms with Crippen LogP contribution in [0, 0.1) is 64.1 Å². The molecule has 0 aromatic carbocycles. The number of fused-ring (bicyclic) bond motifs is 8. The first-order valence-electron chi connectivity index (χ1n) is 18.3. The van der Waals surface area contributed by atoms with Crippen LogP contribution in [-0.2, 0) is 14.3 Å². The van der Waals surface area contributed by atoms with Gasteiger partial charge in [0.2, 0.25) is 11.8 Å². The average molecular weight is 595 g/mol. The number of carbonyl (C=O) groups is 2. The molecule has 3 unspecified atom stereocenters. The Balaban J connectivity index is 0.888. The maximum absolute atomic E-state index is 13.0. The van der Waals surface area contributed by atoms with Crippen molar-refractivity contribution in [2.24, 2.45) is 64.1 Å². The first-order chi connectivity index (χ1) is 20.6. The van der Waals surface area contributed by atoms with E-state index in [0.29, 0.717) is 46.5 Å². The molecule has 8 fully saturated rings. The Labute approximate surface area is 259 Å². The summed E-state index contributed by atoms with van der Waals surface area (Å²) in [5.74, 6) is 6.28. The number of nitrogens with one attached hydrogen (secondary N) is 3. The second-order valence-electron chi connectivity index (χ2n) is 17.5. The molecule has 0 bridgehead atoms. The van der Waals surface area contributed by atoms with Gasteiger partial charge < -0.3 is 20.3 Å². The van der Waals surface area contributed by atoms with E-state index in [9.17, 15) is 9.59 Å². The van der Waals surface area contributed by atoms with Gasteiger partial charge in [-0.1, -0.05) is 27.7 Å². The minimum atomic E-state index is -0.0747. The predicted molar refractivity (Wildman–Crippen MR) is 167 cm³/mol. The Bertz CT molecular complexity index is 1110. The second-order valence-corrected chi connectivity index (χ2v) is 17.5. The van der Waals surface area contributed by atoms with Gasteiger partial charge in [-0.05, 0) is 122 Å². The van der Waals surface area contributed by atoms with E-state index in [1.807, 2.05) is 4.90 Å².